The molecule has 0 aromatic rings. The highest BCUT2D eigenvalue weighted by atomic mass is 14.9. The lowest BCUT2D eigenvalue weighted by Gasteiger charge is -2.11. The van der Waals surface area contributed by atoms with Crippen LogP contribution in [0.1, 0.15) is 91.4 Å². The van der Waals surface area contributed by atoms with Crippen LogP contribution in [-0.2, 0) is 0 Å². The summed E-state index contributed by atoms with van der Waals surface area (Å²) in [5.74, 6) is 0. The van der Waals surface area contributed by atoms with Gasteiger partial charge >= 0.3 is 0 Å². The van der Waals surface area contributed by atoms with Crippen molar-refractivity contribution in [1.82, 2.24) is 5.32 Å². The highest BCUT2D eigenvalue weighted by molar-refractivity contribution is 4.58. The van der Waals surface area contributed by atoms with Gasteiger partial charge in [-0.1, -0.05) is 78.1 Å². The Morgan fingerprint density at radius 3 is 1.65 bits per heavy atom. The summed E-state index contributed by atoms with van der Waals surface area (Å²) < 4.78 is 0. The molecule has 0 amide bonds. The standard InChI is InChI=1S/C16H35N/c1-4-6-7-8-9-10-11-12-13-14-15-16(3)17-5-2/h16-17H,4-15H2,1-3H3. The van der Waals surface area contributed by atoms with Crippen molar-refractivity contribution in [1.29, 1.82) is 0 Å². The van der Waals surface area contributed by atoms with Gasteiger partial charge in [0.2, 0.25) is 0 Å². The maximum absolute atomic E-state index is 3.48. The first kappa shape index (κ1) is 17.0. The first-order valence-electron chi connectivity index (χ1n) is 8.04. The van der Waals surface area contributed by atoms with Gasteiger partial charge in [0.1, 0.15) is 0 Å². The van der Waals surface area contributed by atoms with Crippen molar-refractivity contribution in [3.63, 3.8) is 0 Å². The third kappa shape index (κ3) is 13.9. The molecule has 1 N–H and O–H groups in total. The van der Waals surface area contributed by atoms with E-state index in [9.17, 15) is 0 Å². The highest BCUT2D eigenvalue weighted by Gasteiger charge is 1.98. The van der Waals surface area contributed by atoms with Crippen molar-refractivity contribution >= 4 is 0 Å². The summed E-state index contributed by atoms with van der Waals surface area (Å²) >= 11 is 0. The van der Waals surface area contributed by atoms with Crippen LogP contribution in [0, 0.1) is 0 Å². The normalized spacial score (nSPS) is 12.9. The van der Waals surface area contributed by atoms with E-state index >= 15 is 0 Å². The summed E-state index contributed by atoms with van der Waals surface area (Å²) in [4.78, 5) is 0. The summed E-state index contributed by atoms with van der Waals surface area (Å²) in [5, 5.41) is 3.48. The zero-order valence-electron chi connectivity index (χ0n) is 12.6. The Bertz CT molecular complexity index is 133. The van der Waals surface area contributed by atoms with E-state index in [0.29, 0.717) is 6.04 Å². The molecular weight excluding hydrogens is 206 g/mol. The van der Waals surface area contributed by atoms with Crippen LogP contribution < -0.4 is 5.32 Å². The smallest absolute Gasteiger partial charge is 0.00386 e. The minimum atomic E-state index is 0.717. The summed E-state index contributed by atoms with van der Waals surface area (Å²) in [6, 6.07) is 0.717. The molecule has 0 aliphatic heterocycles. The molecule has 0 aromatic carbocycles. The van der Waals surface area contributed by atoms with Gasteiger partial charge in [-0.05, 0) is 19.9 Å². The van der Waals surface area contributed by atoms with Gasteiger partial charge in [0.15, 0.2) is 0 Å². The third-order valence-electron chi connectivity index (χ3n) is 3.54. The molecule has 0 spiro atoms. The largest absolute Gasteiger partial charge is 0.315 e. The Morgan fingerprint density at radius 2 is 1.18 bits per heavy atom. The zero-order chi connectivity index (χ0) is 12.8. The van der Waals surface area contributed by atoms with Gasteiger partial charge < -0.3 is 5.32 Å². The van der Waals surface area contributed by atoms with Crippen molar-refractivity contribution in [3.05, 3.63) is 0 Å². The van der Waals surface area contributed by atoms with Gasteiger partial charge in [0.05, 0.1) is 0 Å². The fourth-order valence-electron chi connectivity index (χ4n) is 2.39. The van der Waals surface area contributed by atoms with E-state index in [1.807, 2.05) is 0 Å². The molecular formula is C16H35N. The van der Waals surface area contributed by atoms with Gasteiger partial charge in [-0.2, -0.15) is 0 Å². The fourth-order valence-corrected chi connectivity index (χ4v) is 2.39. The van der Waals surface area contributed by atoms with E-state index in [2.05, 4.69) is 26.1 Å². The van der Waals surface area contributed by atoms with Crippen molar-refractivity contribution in [2.24, 2.45) is 0 Å². The molecule has 1 nitrogen and oxygen atoms in total. The van der Waals surface area contributed by atoms with Crippen molar-refractivity contribution < 1.29 is 0 Å². The molecule has 0 saturated carbocycles. The van der Waals surface area contributed by atoms with E-state index in [4.69, 9.17) is 0 Å². The van der Waals surface area contributed by atoms with Crippen LogP contribution in [0.25, 0.3) is 0 Å². The lowest BCUT2D eigenvalue weighted by Crippen LogP contribution is -2.25. The SMILES string of the molecule is CCCCCCCCCCCCC(C)NCC. The van der Waals surface area contributed by atoms with Crippen LogP contribution in [0.4, 0.5) is 0 Å². The molecule has 0 aromatic heterocycles. The van der Waals surface area contributed by atoms with E-state index in [0.717, 1.165) is 6.54 Å². The average molecular weight is 241 g/mol. The maximum Gasteiger partial charge on any atom is 0.00386 e. The first-order chi connectivity index (χ1) is 8.31. The number of hydrogen-bond donors (Lipinski definition) is 1. The number of hydrogen-bond acceptors (Lipinski definition) is 1. The van der Waals surface area contributed by atoms with E-state index in [-0.39, 0.29) is 0 Å². The number of rotatable bonds is 13. The summed E-state index contributed by atoms with van der Waals surface area (Å²) in [7, 11) is 0. The minimum Gasteiger partial charge on any atom is -0.315 e. The highest BCUT2D eigenvalue weighted by Crippen LogP contribution is 2.11. The van der Waals surface area contributed by atoms with Crippen molar-refractivity contribution in [3.8, 4) is 0 Å². The lowest BCUT2D eigenvalue weighted by molar-refractivity contribution is 0.485. The minimum absolute atomic E-state index is 0.717. The maximum atomic E-state index is 3.48. The van der Waals surface area contributed by atoms with Crippen molar-refractivity contribution in [2.45, 2.75) is 97.4 Å². The first-order valence-corrected chi connectivity index (χ1v) is 8.04. The second-order valence-electron chi connectivity index (χ2n) is 5.43. The molecule has 0 radical (unpaired) electrons. The molecule has 1 heteroatoms. The van der Waals surface area contributed by atoms with E-state index < -0.39 is 0 Å². The molecule has 0 aliphatic carbocycles. The van der Waals surface area contributed by atoms with Gasteiger partial charge in [0.25, 0.3) is 0 Å². The Morgan fingerprint density at radius 1 is 0.706 bits per heavy atom. The molecule has 0 bridgehead atoms. The average Bonchev–Trinajstić information content (AvgIpc) is 2.32. The topological polar surface area (TPSA) is 12.0 Å². The van der Waals surface area contributed by atoms with Crippen LogP contribution in [0.3, 0.4) is 0 Å². The predicted octanol–water partition coefficient (Wildman–Crippen LogP) is 5.30. The Kier molecular flexibility index (Phi) is 14.0. The van der Waals surface area contributed by atoms with E-state index in [1.54, 1.807) is 0 Å². The molecule has 0 saturated heterocycles. The molecule has 104 valence electrons. The van der Waals surface area contributed by atoms with Crippen LogP contribution in [0.15, 0.2) is 0 Å². The van der Waals surface area contributed by atoms with Crippen molar-refractivity contribution in [2.75, 3.05) is 6.54 Å². The van der Waals surface area contributed by atoms with Crippen LogP contribution in [-0.4, -0.2) is 12.6 Å². The summed E-state index contributed by atoms with van der Waals surface area (Å²) in [6.07, 6.45) is 15.8. The Hall–Kier alpha value is -0.0400. The molecule has 17 heavy (non-hydrogen) atoms. The van der Waals surface area contributed by atoms with Crippen LogP contribution >= 0.6 is 0 Å². The lowest BCUT2D eigenvalue weighted by atomic mass is 10.0. The molecule has 0 rings (SSSR count). The van der Waals surface area contributed by atoms with Crippen LogP contribution in [0.2, 0.25) is 0 Å². The van der Waals surface area contributed by atoms with Gasteiger partial charge in [0, 0.05) is 6.04 Å². The monoisotopic (exact) mass is 241 g/mol. The number of nitrogens with one attached hydrogen (secondary N) is 1. The van der Waals surface area contributed by atoms with Crippen LogP contribution in [0.5, 0.6) is 0 Å². The molecule has 1 unspecified atom stereocenters. The molecule has 1 atom stereocenters. The van der Waals surface area contributed by atoms with Gasteiger partial charge in [-0.25, -0.2) is 0 Å². The summed E-state index contributed by atoms with van der Waals surface area (Å²) in [6.45, 7) is 7.89. The Labute approximate surface area is 110 Å². The summed E-state index contributed by atoms with van der Waals surface area (Å²) in [5.41, 5.74) is 0. The molecule has 0 heterocycles. The zero-order valence-corrected chi connectivity index (χ0v) is 12.6. The van der Waals surface area contributed by atoms with E-state index in [1.165, 1.54) is 70.6 Å². The Balaban J connectivity index is 2.98. The molecule has 0 fully saturated rings. The second-order valence-corrected chi connectivity index (χ2v) is 5.43. The molecule has 0 aliphatic rings. The third-order valence-corrected chi connectivity index (χ3v) is 3.54. The quantitative estimate of drug-likeness (QED) is 0.432. The number of unbranched alkanes of at least 4 members (excludes halogenated alkanes) is 9. The van der Waals surface area contributed by atoms with Gasteiger partial charge in [-0.15, -0.1) is 0 Å². The fraction of sp³-hybridized carbons (Fsp3) is 1.00. The van der Waals surface area contributed by atoms with Gasteiger partial charge in [-0.3, -0.25) is 0 Å². The predicted molar refractivity (Wildman–Crippen MR) is 79.6 cm³/mol. The second kappa shape index (κ2) is 14.0.